The number of thioether (sulfide) groups is 1. The maximum atomic E-state index is 9.04. The number of benzene rings is 1. The monoisotopic (exact) mass is 266 g/mol. The average Bonchev–Trinajstić information content (AvgIpc) is 2.77. The van der Waals surface area contributed by atoms with Gasteiger partial charge in [-0.15, -0.1) is 11.8 Å². The zero-order valence-electron chi connectivity index (χ0n) is 10.4. The molecule has 3 atom stereocenters. The first-order chi connectivity index (χ1) is 8.81. The van der Waals surface area contributed by atoms with Gasteiger partial charge < -0.3 is 5.11 Å². The molecule has 0 unspecified atom stereocenters. The normalized spacial score (nSPS) is 28.0. The zero-order chi connectivity index (χ0) is 12.8. The molecule has 1 aliphatic heterocycles. The average molecular weight is 266 g/mol. The standard InChI is InChI=1S/C14H18O3S/c1-11-13(16-17-14(11)10-15)8-5-9-18-12-6-3-2-4-7-12/h2-8,11,13-15H,9-10H2,1H3/b8-5+/t11-,13-,14+/m1/s1. The summed E-state index contributed by atoms with van der Waals surface area (Å²) >= 11 is 1.78. The highest BCUT2D eigenvalue weighted by Crippen LogP contribution is 2.25. The lowest BCUT2D eigenvalue weighted by Crippen LogP contribution is -2.22. The third-order valence-corrected chi connectivity index (χ3v) is 3.95. The maximum Gasteiger partial charge on any atom is 0.121 e. The summed E-state index contributed by atoms with van der Waals surface area (Å²) in [5.41, 5.74) is 0. The van der Waals surface area contributed by atoms with E-state index in [4.69, 9.17) is 14.9 Å². The van der Waals surface area contributed by atoms with Crippen LogP contribution in [0.15, 0.2) is 47.4 Å². The molecule has 3 nitrogen and oxygen atoms in total. The van der Waals surface area contributed by atoms with Gasteiger partial charge in [0.05, 0.1) is 6.61 Å². The van der Waals surface area contributed by atoms with Gasteiger partial charge in [-0.2, -0.15) is 0 Å². The summed E-state index contributed by atoms with van der Waals surface area (Å²) in [6, 6.07) is 10.3. The number of rotatable bonds is 5. The van der Waals surface area contributed by atoms with E-state index in [0.29, 0.717) is 0 Å². The van der Waals surface area contributed by atoms with Crippen LogP contribution in [-0.4, -0.2) is 29.7 Å². The lowest BCUT2D eigenvalue weighted by molar-refractivity contribution is -0.292. The Kier molecular flexibility index (Phi) is 5.26. The number of aliphatic hydroxyl groups is 1. The SMILES string of the molecule is C[C@H]1[C@H](CO)OO[C@@H]1/C=C/CSc1ccccc1. The minimum atomic E-state index is -0.207. The third-order valence-electron chi connectivity index (χ3n) is 2.99. The van der Waals surface area contributed by atoms with Gasteiger partial charge in [-0.3, -0.25) is 0 Å². The van der Waals surface area contributed by atoms with Crippen LogP contribution in [0.3, 0.4) is 0 Å². The number of hydrogen-bond acceptors (Lipinski definition) is 4. The van der Waals surface area contributed by atoms with Crippen molar-refractivity contribution in [1.29, 1.82) is 0 Å². The first kappa shape index (κ1) is 13.6. The van der Waals surface area contributed by atoms with Gasteiger partial charge in [0.15, 0.2) is 0 Å². The summed E-state index contributed by atoms with van der Waals surface area (Å²) in [5, 5.41) is 9.04. The van der Waals surface area contributed by atoms with Gasteiger partial charge in [-0.1, -0.05) is 37.3 Å². The molecule has 0 radical (unpaired) electrons. The van der Waals surface area contributed by atoms with Gasteiger partial charge in [-0.05, 0) is 12.1 Å². The van der Waals surface area contributed by atoms with Gasteiger partial charge in [-0.25, -0.2) is 9.78 Å². The van der Waals surface area contributed by atoms with Crippen LogP contribution in [0.4, 0.5) is 0 Å². The second kappa shape index (κ2) is 6.95. The molecule has 1 aliphatic rings. The predicted octanol–water partition coefficient (Wildman–Crippen LogP) is 2.66. The summed E-state index contributed by atoms with van der Waals surface area (Å²) in [7, 11) is 0. The molecule has 1 N–H and O–H groups in total. The Morgan fingerprint density at radius 1 is 1.28 bits per heavy atom. The maximum absolute atomic E-state index is 9.04. The summed E-state index contributed by atoms with van der Waals surface area (Å²) < 4.78 is 0. The van der Waals surface area contributed by atoms with Crippen LogP contribution in [0.2, 0.25) is 0 Å². The molecule has 0 aliphatic carbocycles. The number of hydrogen-bond donors (Lipinski definition) is 1. The predicted molar refractivity (Wildman–Crippen MR) is 72.3 cm³/mol. The van der Waals surface area contributed by atoms with Crippen molar-refractivity contribution >= 4 is 11.8 Å². The molecule has 1 saturated heterocycles. The van der Waals surface area contributed by atoms with E-state index in [2.05, 4.69) is 18.2 Å². The van der Waals surface area contributed by atoms with Crippen molar-refractivity contribution in [2.24, 2.45) is 5.92 Å². The first-order valence-corrected chi connectivity index (χ1v) is 7.07. The Morgan fingerprint density at radius 3 is 2.72 bits per heavy atom. The van der Waals surface area contributed by atoms with E-state index in [9.17, 15) is 0 Å². The van der Waals surface area contributed by atoms with Crippen molar-refractivity contribution < 1.29 is 14.9 Å². The van der Waals surface area contributed by atoms with Crippen molar-refractivity contribution in [2.75, 3.05) is 12.4 Å². The topological polar surface area (TPSA) is 38.7 Å². The zero-order valence-corrected chi connectivity index (χ0v) is 11.2. The van der Waals surface area contributed by atoms with Crippen LogP contribution >= 0.6 is 11.8 Å². The minimum Gasteiger partial charge on any atom is -0.394 e. The Morgan fingerprint density at radius 2 is 2.06 bits per heavy atom. The molecular formula is C14H18O3S. The molecule has 18 heavy (non-hydrogen) atoms. The van der Waals surface area contributed by atoms with Crippen molar-refractivity contribution in [2.45, 2.75) is 24.0 Å². The van der Waals surface area contributed by atoms with Crippen molar-refractivity contribution in [1.82, 2.24) is 0 Å². The van der Waals surface area contributed by atoms with Gasteiger partial charge in [0.25, 0.3) is 0 Å². The summed E-state index contributed by atoms with van der Waals surface area (Å²) in [6.45, 7) is 2.03. The van der Waals surface area contributed by atoms with Gasteiger partial charge >= 0.3 is 0 Å². The minimum absolute atomic E-state index is 0.00424. The number of aliphatic hydroxyl groups excluding tert-OH is 1. The first-order valence-electron chi connectivity index (χ1n) is 6.08. The largest absolute Gasteiger partial charge is 0.394 e. The highest BCUT2D eigenvalue weighted by Gasteiger charge is 2.33. The molecule has 98 valence electrons. The molecule has 0 aromatic heterocycles. The molecule has 0 bridgehead atoms. The molecule has 1 aromatic carbocycles. The second-order valence-electron chi connectivity index (χ2n) is 4.29. The fraction of sp³-hybridized carbons (Fsp3) is 0.429. The van der Waals surface area contributed by atoms with Gasteiger partial charge in [0.2, 0.25) is 0 Å². The van der Waals surface area contributed by atoms with Gasteiger partial charge in [0.1, 0.15) is 12.2 Å². The van der Waals surface area contributed by atoms with E-state index >= 15 is 0 Å². The Hall–Kier alpha value is -0.810. The highest BCUT2D eigenvalue weighted by atomic mass is 32.2. The quantitative estimate of drug-likeness (QED) is 0.505. The Balaban J connectivity index is 1.75. The van der Waals surface area contributed by atoms with E-state index < -0.39 is 0 Å². The third kappa shape index (κ3) is 3.59. The highest BCUT2D eigenvalue weighted by molar-refractivity contribution is 7.99. The van der Waals surface area contributed by atoms with E-state index in [1.165, 1.54) is 4.90 Å². The molecule has 0 amide bonds. The van der Waals surface area contributed by atoms with Crippen LogP contribution in [0.5, 0.6) is 0 Å². The fourth-order valence-electron chi connectivity index (χ4n) is 1.78. The Bertz CT molecular complexity index is 380. The smallest absolute Gasteiger partial charge is 0.121 e. The van der Waals surface area contributed by atoms with Crippen molar-refractivity contribution in [3.05, 3.63) is 42.5 Å². The molecule has 1 aromatic rings. The fourth-order valence-corrected chi connectivity index (χ4v) is 2.53. The summed E-state index contributed by atoms with van der Waals surface area (Å²) in [6.07, 6.45) is 3.83. The summed E-state index contributed by atoms with van der Waals surface area (Å²) in [5.74, 6) is 1.09. The van der Waals surface area contributed by atoms with Crippen LogP contribution < -0.4 is 0 Å². The van der Waals surface area contributed by atoms with E-state index in [1.54, 1.807) is 11.8 Å². The van der Waals surface area contributed by atoms with Crippen LogP contribution in [0.25, 0.3) is 0 Å². The molecular weight excluding hydrogens is 248 g/mol. The van der Waals surface area contributed by atoms with Crippen molar-refractivity contribution in [3.63, 3.8) is 0 Å². The van der Waals surface area contributed by atoms with Crippen molar-refractivity contribution in [3.8, 4) is 0 Å². The molecule has 1 heterocycles. The van der Waals surface area contributed by atoms with E-state index in [-0.39, 0.29) is 24.7 Å². The van der Waals surface area contributed by atoms with E-state index in [1.807, 2.05) is 31.2 Å². The Labute approximate surface area is 112 Å². The molecule has 2 rings (SSSR count). The lowest BCUT2D eigenvalue weighted by atomic mass is 9.99. The molecule has 0 saturated carbocycles. The molecule has 1 fully saturated rings. The van der Waals surface area contributed by atoms with Crippen LogP contribution in [0, 0.1) is 5.92 Å². The van der Waals surface area contributed by atoms with Crippen LogP contribution in [-0.2, 0) is 9.78 Å². The van der Waals surface area contributed by atoms with E-state index in [0.717, 1.165) is 5.75 Å². The summed E-state index contributed by atoms with van der Waals surface area (Å²) in [4.78, 5) is 11.5. The lowest BCUT2D eigenvalue weighted by Gasteiger charge is -2.09. The molecule has 4 heteroatoms. The van der Waals surface area contributed by atoms with Crippen LogP contribution in [0.1, 0.15) is 6.92 Å². The van der Waals surface area contributed by atoms with Gasteiger partial charge in [0, 0.05) is 16.6 Å². The second-order valence-corrected chi connectivity index (χ2v) is 5.38. The molecule has 0 spiro atoms.